The van der Waals surface area contributed by atoms with Crippen molar-refractivity contribution < 1.29 is 14.6 Å². The molecule has 1 aromatic carbocycles. The largest absolute Gasteiger partial charge is 0.491 e. The summed E-state index contributed by atoms with van der Waals surface area (Å²) in [5.41, 5.74) is 1.85. The van der Waals surface area contributed by atoms with E-state index in [1.165, 1.54) is 0 Å². The van der Waals surface area contributed by atoms with Gasteiger partial charge in [0.25, 0.3) is 0 Å². The minimum absolute atomic E-state index is 0.0811. The minimum atomic E-state index is -0.386. The van der Waals surface area contributed by atoms with E-state index in [1.54, 1.807) is 15.8 Å². The number of aromatic nitrogens is 2. The molecule has 0 spiro atoms. The fourth-order valence-electron chi connectivity index (χ4n) is 2.74. The van der Waals surface area contributed by atoms with Gasteiger partial charge >= 0.3 is 0 Å². The third kappa shape index (κ3) is 2.82. The third-order valence-corrected chi connectivity index (χ3v) is 3.80. The Kier molecular flexibility index (Phi) is 4.11. The molecule has 1 N–H and O–H groups in total. The van der Waals surface area contributed by atoms with Gasteiger partial charge in [0.15, 0.2) is 0 Å². The summed E-state index contributed by atoms with van der Waals surface area (Å²) in [5, 5.41) is 13.9. The molecule has 0 saturated carbocycles. The van der Waals surface area contributed by atoms with Crippen molar-refractivity contribution in [3.05, 3.63) is 47.8 Å². The minimum Gasteiger partial charge on any atom is -0.491 e. The molecule has 22 heavy (non-hydrogen) atoms. The van der Waals surface area contributed by atoms with E-state index >= 15 is 0 Å². The van der Waals surface area contributed by atoms with E-state index in [9.17, 15) is 9.90 Å². The highest BCUT2D eigenvalue weighted by Crippen LogP contribution is 2.31. The molecule has 0 bridgehead atoms. The van der Waals surface area contributed by atoms with Gasteiger partial charge in [-0.05, 0) is 18.6 Å². The standard InChI is InChI=1S/C16H19N3O3/c1-12-8-17-18(9-12)10-16(21)19-6-7-22-15-5-3-2-4-13(15)14(19)11-20/h2-5,8-9,14,20H,6-7,10-11H2,1H3. The number of rotatable bonds is 3. The zero-order valence-electron chi connectivity index (χ0n) is 12.5. The predicted octanol–water partition coefficient (Wildman–Crippen LogP) is 1.15. The number of carbonyl (C=O) groups excluding carboxylic acids is 1. The number of aliphatic hydroxyl groups excluding tert-OH is 1. The van der Waals surface area contributed by atoms with Gasteiger partial charge in [0.1, 0.15) is 18.9 Å². The van der Waals surface area contributed by atoms with Gasteiger partial charge in [-0.15, -0.1) is 0 Å². The van der Waals surface area contributed by atoms with E-state index < -0.39 is 0 Å². The second kappa shape index (κ2) is 6.19. The summed E-state index contributed by atoms with van der Waals surface area (Å²) in [7, 11) is 0. The van der Waals surface area contributed by atoms with E-state index in [0.717, 1.165) is 16.9 Å². The van der Waals surface area contributed by atoms with E-state index in [1.807, 2.05) is 37.4 Å². The molecule has 0 saturated heterocycles. The maximum atomic E-state index is 12.6. The van der Waals surface area contributed by atoms with Crippen LogP contribution in [0, 0.1) is 6.92 Å². The summed E-state index contributed by atoms with van der Waals surface area (Å²) in [4.78, 5) is 14.3. The molecule has 1 amide bonds. The lowest BCUT2D eigenvalue weighted by Gasteiger charge is -2.28. The van der Waals surface area contributed by atoms with E-state index in [2.05, 4.69) is 5.10 Å². The van der Waals surface area contributed by atoms with Crippen LogP contribution in [0.3, 0.4) is 0 Å². The second-order valence-corrected chi connectivity index (χ2v) is 5.39. The zero-order chi connectivity index (χ0) is 15.5. The first-order valence-corrected chi connectivity index (χ1v) is 7.30. The van der Waals surface area contributed by atoms with Gasteiger partial charge < -0.3 is 14.7 Å². The number of hydrogen-bond acceptors (Lipinski definition) is 4. The van der Waals surface area contributed by atoms with Crippen LogP contribution < -0.4 is 4.74 Å². The summed E-state index contributed by atoms with van der Waals surface area (Å²) in [6.07, 6.45) is 3.55. The number of aliphatic hydroxyl groups is 1. The van der Waals surface area contributed by atoms with Crippen LogP contribution in [0.1, 0.15) is 17.2 Å². The third-order valence-electron chi connectivity index (χ3n) is 3.80. The molecule has 1 aliphatic rings. The Hall–Kier alpha value is -2.34. The summed E-state index contributed by atoms with van der Waals surface area (Å²) < 4.78 is 7.30. The molecule has 1 atom stereocenters. The summed E-state index contributed by atoms with van der Waals surface area (Å²) in [5.74, 6) is 0.647. The Labute approximate surface area is 128 Å². The average molecular weight is 301 g/mol. The van der Waals surface area contributed by atoms with Crippen molar-refractivity contribution in [2.75, 3.05) is 19.8 Å². The average Bonchev–Trinajstić information content (AvgIpc) is 2.83. The van der Waals surface area contributed by atoms with Crippen LogP contribution in [-0.4, -0.2) is 45.5 Å². The maximum absolute atomic E-state index is 12.6. The Morgan fingerprint density at radius 2 is 2.27 bits per heavy atom. The zero-order valence-corrected chi connectivity index (χ0v) is 12.5. The molecule has 1 aromatic heterocycles. The molecule has 1 unspecified atom stereocenters. The SMILES string of the molecule is Cc1cnn(CC(=O)N2CCOc3ccccc3C2CO)c1. The number of ether oxygens (including phenoxy) is 1. The quantitative estimate of drug-likeness (QED) is 0.923. The maximum Gasteiger partial charge on any atom is 0.245 e. The Morgan fingerprint density at radius 3 is 3.00 bits per heavy atom. The molecule has 3 rings (SSSR count). The van der Waals surface area contributed by atoms with Crippen LogP contribution in [0.4, 0.5) is 0 Å². The van der Waals surface area contributed by atoms with E-state index in [4.69, 9.17) is 4.74 Å². The molecule has 0 fully saturated rings. The molecule has 1 aliphatic heterocycles. The molecular weight excluding hydrogens is 282 g/mol. The monoisotopic (exact) mass is 301 g/mol. The highest BCUT2D eigenvalue weighted by atomic mass is 16.5. The van der Waals surface area contributed by atoms with Crippen molar-refractivity contribution in [3.8, 4) is 5.75 Å². The van der Waals surface area contributed by atoms with Crippen molar-refractivity contribution in [1.82, 2.24) is 14.7 Å². The normalized spacial score (nSPS) is 17.5. The fourth-order valence-corrected chi connectivity index (χ4v) is 2.74. The van der Waals surface area contributed by atoms with Gasteiger partial charge in [-0.3, -0.25) is 9.48 Å². The lowest BCUT2D eigenvalue weighted by atomic mass is 10.1. The smallest absolute Gasteiger partial charge is 0.245 e. The number of amides is 1. The molecule has 116 valence electrons. The highest BCUT2D eigenvalue weighted by Gasteiger charge is 2.29. The number of fused-ring (bicyclic) bond motifs is 1. The molecular formula is C16H19N3O3. The molecule has 0 aliphatic carbocycles. The highest BCUT2D eigenvalue weighted by molar-refractivity contribution is 5.76. The van der Waals surface area contributed by atoms with Crippen LogP contribution >= 0.6 is 0 Å². The Balaban J connectivity index is 1.84. The first-order chi connectivity index (χ1) is 10.7. The first kappa shape index (κ1) is 14.6. The Morgan fingerprint density at radius 1 is 1.45 bits per heavy atom. The van der Waals surface area contributed by atoms with Gasteiger partial charge in [-0.1, -0.05) is 18.2 Å². The Bertz CT molecular complexity index is 668. The summed E-state index contributed by atoms with van der Waals surface area (Å²) >= 11 is 0. The number of nitrogens with zero attached hydrogens (tertiary/aromatic N) is 3. The van der Waals surface area contributed by atoms with Crippen LogP contribution in [0.25, 0.3) is 0 Å². The van der Waals surface area contributed by atoms with Gasteiger partial charge in [0.05, 0.1) is 25.4 Å². The molecule has 2 aromatic rings. The van der Waals surface area contributed by atoms with Crippen molar-refractivity contribution in [2.45, 2.75) is 19.5 Å². The molecule has 2 heterocycles. The van der Waals surface area contributed by atoms with Crippen molar-refractivity contribution in [2.24, 2.45) is 0 Å². The van der Waals surface area contributed by atoms with Crippen molar-refractivity contribution in [1.29, 1.82) is 0 Å². The number of aryl methyl sites for hydroxylation is 1. The summed E-state index contributed by atoms with van der Waals surface area (Å²) in [6.45, 7) is 2.81. The first-order valence-electron chi connectivity index (χ1n) is 7.30. The fraction of sp³-hybridized carbons (Fsp3) is 0.375. The number of benzene rings is 1. The van der Waals surface area contributed by atoms with Crippen LogP contribution in [0.5, 0.6) is 5.75 Å². The van der Waals surface area contributed by atoms with Crippen molar-refractivity contribution in [3.63, 3.8) is 0 Å². The lowest BCUT2D eigenvalue weighted by Crippen LogP contribution is -2.39. The summed E-state index contributed by atoms with van der Waals surface area (Å²) in [6, 6.07) is 7.14. The van der Waals surface area contributed by atoms with Gasteiger partial charge in [-0.25, -0.2) is 0 Å². The van der Waals surface area contributed by atoms with E-state index in [-0.39, 0.29) is 25.1 Å². The molecule has 6 heteroatoms. The second-order valence-electron chi connectivity index (χ2n) is 5.39. The van der Waals surface area contributed by atoms with Gasteiger partial charge in [0, 0.05) is 11.8 Å². The van der Waals surface area contributed by atoms with Gasteiger partial charge in [-0.2, -0.15) is 5.10 Å². The number of para-hydroxylation sites is 1. The molecule has 6 nitrogen and oxygen atoms in total. The number of hydrogen-bond donors (Lipinski definition) is 1. The van der Waals surface area contributed by atoms with Gasteiger partial charge in [0.2, 0.25) is 5.91 Å². The molecule has 0 radical (unpaired) electrons. The van der Waals surface area contributed by atoms with Crippen LogP contribution in [-0.2, 0) is 11.3 Å². The van der Waals surface area contributed by atoms with Crippen LogP contribution in [0.2, 0.25) is 0 Å². The predicted molar refractivity (Wildman–Crippen MR) is 80.4 cm³/mol. The number of carbonyl (C=O) groups is 1. The van der Waals surface area contributed by atoms with E-state index in [0.29, 0.717) is 13.2 Å². The van der Waals surface area contributed by atoms with Crippen LogP contribution in [0.15, 0.2) is 36.7 Å². The topological polar surface area (TPSA) is 67.6 Å². The van der Waals surface area contributed by atoms with Crippen molar-refractivity contribution >= 4 is 5.91 Å². The lowest BCUT2D eigenvalue weighted by molar-refractivity contribution is -0.135.